The van der Waals surface area contributed by atoms with Crippen LogP contribution in [0.25, 0.3) is 5.52 Å². The highest BCUT2D eigenvalue weighted by atomic mass is 35.5. The number of hydrogen-bond acceptors (Lipinski definition) is 2. The van der Waals surface area contributed by atoms with Gasteiger partial charge >= 0.3 is 5.97 Å². The Morgan fingerprint density at radius 1 is 1.59 bits per heavy atom. The van der Waals surface area contributed by atoms with Crippen molar-refractivity contribution in [3.05, 3.63) is 34.9 Å². The second-order valence-electron chi connectivity index (χ2n) is 4.06. The molecule has 2 heterocycles. The van der Waals surface area contributed by atoms with E-state index in [-0.39, 0.29) is 11.6 Å². The molecular formula is C12H13ClN2O2. The number of aromatic carboxylic acids is 1. The molecule has 90 valence electrons. The van der Waals surface area contributed by atoms with Gasteiger partial charge in [-0.25, -0.2) is 9.78 Å². The predicted molar refractivity (Wildman–Crippen MR) is 65.9 cm³/mol. The van der Waals surface area contributed by atoms with Crippen LogP contribution < -0.4 is 0 Å². The van der Waals surface area contributed by atoms with Gasteiger partial charge in [-0.3, -0.25) is 4.40 Å². The van der Waals surface area contributed by atoms with E-state index in [9.17, 15) is 4.79 Å². The van der Waals surface area contributed by atoms with Gasteiger partial charge in [-0.05, 0) is 18.6 Å². The van der Waals surface area contributed by atoms with Crippen molar-refractivity contribution in [3.63, 3.8) is 0 Å². The maximum Gasteiger partial charge on any atom is 0.352 e. The number of halogens is 1. The number of rotatable bonds is 3. The third-order valence-corrected chi connectivity index (χ3v) is 3.16. The fraction of sp³-hybridized carbons (Fsp3) is 0.333. The molecule has 5 heteroatoms. The van der Waals surface area contributed by atoms with Crippen molar-refractivity contribution in [2.75, 3.05) is 0 Å². The van der Waals surface area contributed by atoms with Gasteiger partial charge in [0.15, 0.2) is 0 Å². The van der Waals surface area contributed by atoms with Crippen LogP contribution in [0.2, 0.25) is 5.02 Å². The molecule has 0 aliphatic heterocycles. The zero-order valence-electron chi connectivity index (χ0n) is 9.64. The van der Waals surface area contributed by atoms with E-state index in [0.717, 1.165) is 17.6 Å². The van der Waals surface area contributed by atoms with Crippen molar-refractivity contribution in [1.29, 1.82) is 0 Å². The van der Waals surface area contributed by atoms with E-state index in [1.54, 1.807) is 10.5 Å². The van der Waals surface area contributed by atoms with E-state index in [4.69, 9.17) is 16.7 Å². The van der Waals surface area contributed by atoms with Crippen LogP contribution in [-0.4, -0.2) is 20.5 Å². The van der Waals surface area contributed by atoms with E-state index >= 15 is 0 Å². The number of hydrogen-bond donors (Lipinski definition) is 1. The lowest BCUT2D eigenvalue weighted by atomic mass is 10.0. The van der Waals surface area contributed by atoms with Gasteiger partial charge in [-0.15, -0.1) is 0 Å². The molecule has 0 aliphatic carbocycles. The van der Waals surface area contributed by atoms with Crippen molar-refractivity contribution in [2.24, 2.45) is 0 Å². The number of carboxylic acid groups (broad SMARTS) is 1. The molecular weight excluding hydrogens is 240 g/mol. The van der Waals surface area contributed by atoms with Crippen molar-refractivity contribution in [1.82, 2.24) is 9.38 Å². The number of carbonyl (C=O) groups is 1. The molecule has 0 bridgehead atoms. The molecule has 0 unspecified atom stereocenters. The van der Waals surface area contributed by atoms with Gasteiger partial charge in [0, 0.05) is 10.9 Å². The lowest BCUT2D eigenvalue weighted by molar-refractivity contribution is 0.0689. The molecule has 2 aromatic heterocycles. The Balaban J connectivity index is 2.73. The van der Waals surface area contributed by atoms with E-state index in [2.05, 4.69) is 18.8 Å². The number of imidazole rings is 1. The van der Waals surface area contributed by atoms with Gasteiger partial charge in [-0.2, -0.15) is 0 Å². The quantitative estimate of drug-likeness (QED) is 0.913. The van der Waals surface area contributed by atoms with Gasteiger partial charge in [0.05, 0.1) is 11.2 Å². The molecule has 2 rings (SSSR count). The van der Waals surface area contributed by atoms with Crippen molar-refractivity contribution >= 4 is 23.1 Å². The number of carboxylic acids is 1. The lowest BCUT2D eigenvalue weighted by Crippen LogP contribution is -2.04. The zero-order chi connectivity index (χ0) is 12.6. The highest BCUT2D eigenvalue weighted by Crippen LogP contribution is 2.25. The van der Waals surface area contributed by atoms with E-state index in [1.165, 1.54) is 12.4 Å². The summed E-state index contributed by atoms with van der Waals surface area (Å²) in [6, 6.07) is 3.18. The topological polar surface area (TPSA) is 54.6 Å². The summed E-state index contributed by atoms with van der Waals surface area (Å²) in [5.41, 5.74) is 1.79. The third-order valence-electron chi connectivity index (χ3n) is 2.94. The average molecular weight is 253 g/mol. The first-order valence-electron chi connectivity index (χ1n) is 5.44. The molecule has 17 heavy (non-hydrogen) atoms. The Labute approximate surface area is 104 Å². The molecule has 2 aromatic rings. The van der Waals surface area contributed by atoms with Crippen LogP contribution in [0.5, 0.6) is 0 Å². The number of aromatic nitrogens is 2. The Morgan fingerprint density at radius 3 is 2.88 bits per heavy atom. The van der Waals surface area contributed by atoms with Crippen LogP contribution in [0.3, 0.4) is 0 Å². The minimum absolute atomic E-state index is 0.134. The SMILES string of the molecule is CC[C@H](C)c1ncn2c(C(=O)O)cc(Cl)cc12. The maximum atomic E-state index is 11.1. The average Bonchev–Trinajstić information content (AvgIpc) is 2.70. The first kappa shape index (κ1) is 11.9. The Hall–Kier alpha value is -1.55. The fourth-order valence-electron chi connectivity index (χ4n) is 1.82. The van der Waals surface area contributed by atoms with Gasteiger partial charge in [0.1, 0.15) is 12.0 Å². The van der Waals surface area contributed by atoms with E-state index in [1.807, 2.05) is 0 Å². The minimum atomic E-state index is -1.01. The summed E-state index contributed by atoms with van der Waals surface area (Å²) >= 11 is 5.94. The van der Waals surface area contributed by atoms with Gasteiger partial charge in [0.25, 0.3) is 0 Å². The monoisotopic (exact) mass is 252 g/mol. The Kier molecular flexibility index (Phi) is 3.07. The molecule has 1 atom stereocenters. The summed E-state index contributed by atoms with van der Waals surface area (Å²) in [4.78, 5) is 15.4. The first-order chi connectivity index (χ1) is 8.04. The summed E-state index contributed by atoms with van der Waals surface area (Å²) in [5, 5.41) is 9.52. The van der Waals surface area contributed by atoms with Crippen LogP contribution in [0.1, 0.15) is 42.4 Å². The second-order valence-corrected chi connectivity index (χ2v) is 4.49. The largest absolute Gasteiger partial charge is 0.477 e. The van der Waals surface area contributed by atoms with E-state index < -0.39 is 5.97 Å². The molecule has 0 saturated carbocycles. The maximum absolute atomic E-state index is 11.1. The zero-order valence-corrected chi connectivity index (χ0v) is 10.4. The number of nitrogens with zero attached hydrogens (tertiary/aromatic N) is 2. The molecule has 0 aliphatic rings. The second kappa shape index (κ2) is 4.37. The van der Waals surface area contributed by atoms with Gasteiger partial charge in [0.2, 0.25) is 0 Å². The van der Waals surface area contributed by atoms with Crippen LogP contribution in [0.4, 0.5) is 0 Å². The number of fused-ring (bicyclic) bond motifs is 1. The minimum Gasteiger partial charge on any atom is -0.477 e. The summed E-state index contributed by atoms with van der Waals surface area (Å²) in [7, 11) is 0. The highest BCUT2D eigenvalue weighted by molar-refractivity contribution is 6.31. The summed E-state index contributed by atoms with van der Waals surface area (Å²) in [5.74, 6) is -0.731. The normalized spacial score (nSPS) is 12.9. The predicted octanol–water partition coefficient (Wildman–Crippen LogP) is 3.20. The third kappa shape index (κ3) is 2.00. The summed E-state index contributed by atoms with van der Waals surface area (Å²) in [6.07, 6.45) is 2.48. The Bertz CT molecular complexity index is 577. The standard InChI is InChI=1S/C12H13ClN2O2/c1-3-7(2)11-9-4-8(13)5-10(12(16)17)15(9)6-14-11/h4-7H,3H2,1-2H3,(H,16,17)/t7-/m0/s1. The van der Waals surface area contributed by atoms with Crippen molar-refractivity contribution in [3.8, 4) is 0 Å². The summed E-state index contributed by atoms with van der Waals surface area (Å²) < 4.78 is 1.57. The van der Waals surface area contributed by atoms with Crippen molar-refractivity contribution in [2.45, 2.75) is 26.2 Å². The van der Waals surface area contributed by atoms with Gasteiger partial charge < -0.3 is 5.11 Å². The Morgan fingerprint density at radius 2 is 2.29 bits per heavy atom. The molecule has 0 radical (unpaired) electrons. The van der Waals surface area contributed by atoms with Crippen LogP contribution in [0.15, 0.2) is 18.5 Å². The summed E-state index contributed by atoms with van der Waals surface area (Å²) in [6.45, 7) is 4.13. The van der Waals surface area contributed by atoms with E-state index in [0.29, 0.717) is 5.02 Å². The van der Waals surface area contributed by atoms with Gasteiger partial charge in [-0.1, -0.05) is 25.4 Å². The van der Waals surface area contributed by atoms with Crippen LogP contribution in [-0.2, 0) is 0 Å². The lowest BCUT2D eigenvalue weighted by Gasteiger charge is -2.07. The smallest absolute Gasteiger partial charge is 0.352 e. The van der Waals surface area contributed by atoms with Crippen LogP contribution in [0, 0.1) is 0 Å². The molecule has 4 nitrogen and oxygen atoms in total. The molecule has 1 N–H and O–H groups in total. The molecule has 0 aromatic carbocycles. The molecule has 0 saturated heterocycles. The highest BCUT2D eigenvalue weighted by Gasteiger charge is 2.16. The van der Waals surface area contributed by atoms with Crippen LogP contribution >= 0.6 is 11.6 Å². The molecule has 0 amide bonds. The molecule has 0 fully saturated rings. The molecule has 0 spiro atoms. The number of pyridine rings is 1. The first-order valence-corrected chi connectivity index (χ1v) is 5.82. The van der Waals surface area contributed by atoms with Crippen molar-refractivity contribution < 1.29 is 9.90 Å². The fourth-order valence-corrected chi connectivity index (χ4v) is 2.02.